The van der Waals surface area contributed by atoms with Gasteiger partial charge in [-0.25, -0.2) is 0 Å². The average Bonchev–Trinajstić information content (AvgIpc) is 1.90. The maximum atomic E-state index is 2.51. The first-order valence-electron chi connectivity index (χ1n) is 3.61. The third kappa shape index (κ3) is 2.42. The Morgan fingerprint density at radius 3 is 2.44 bits per heavy atom. The van der Waals surface area contributed by atoms with Gasteiger partial charge in [-0.05, 0) is 31.8 Å². The zero-order valence-electron chi connectivity index (χ0n) is 5.94. The van der Waals surface area contributed by atoms with Crippen LogP contribution >= 0.6 is 22.6 Å². The van der Waals surface area contributed by atoms with Crippen molar-refractivity contribution in [3.63, 3.8) is 0 Å². The lowest BCUT2D eigenvalue weighted by Crippen LogP contribution is -2.31. The lowest BCUT2D eigenvalue weighted by molar-refractivity contribution is 0.226. The average molecular weight is 239 g/mol. The van der Waals surface area contributed by atoms with E-state index in [1.54, 1.807) is 0 Å². The predicted octanol–water partition coefficient (Wildman–Crippen LogP) is 2.11. The van der Waals surface area contributed by atoms with Crippen molar-refractivity contribution in [2.24, 2.45) is 5.92 Å². The van der Waals surface area contributed by atoms with E-state index >= 15 is 0 Å². The molecule has 0 aromatic heterocycles. The Balaban J connectivity index is 2.18. The van der Waals surface area contributed by atoms with Crippen LogP contribution in [0.15, 0.2) is 0 Å². The van der Waals surface area contributed by atoms with Crippen molar-refractivity contribution >= 4 is 22.6 Å². The summed E-state index contributed by atoms with van der Waals surface area (Å²) in [5, 5.41) is 0. The Hall–Kier alpha value is 0.690. The number of hydrogen-bond acceptors (Lipinski definition) is 1. The highest BCUT2D eigenvalue weighted by atomic mass is 127. The molecule has 1 aliphatic rings. The van der Waals surface area contributed by atoms with E-state index in [-0.39, 0.29) is 0 Å². The second kappa shape index (κ2) is 3.76. The predicted molar refractivity (Wildman–Crippen MR) is 48.9 cm³/mol. The normalized spacial score (nSPS) is 24.7. The van der Waals surface area contributed by atoms with Gasteiger partial charge >= 0.3 is 0 Å². The van der Waals surface area contributed by atoms with Gasteiger partial charge in [0.25, 0.3) is 0 Å². The van der Waals surface area contributed by atoms with Crippen molar-refractivity contribution in [3.8, 4) is 0 Å². The van der Waals surface area contributed by atoms with Crippen LogP contribution in [0, 0.1) is 5.92 Å². The molecule has 0 N–H and O–H groups in total. The zero-order chi connectivity index (χ0) is 6.69. The van der Waals surface area contributed by atoms with Gasteiger partial charge in [-0.15, -0.1) is 0 Å². The first-order chi connectivity index (χ1) is 4.33. The van der Waals surface area contributed by atoms with E-state index in [4.69, 9.17) is 0 Å². The van der Waals surface area contributed by atoms with E-state index in [1.165, 1.54) is 30.5 Å². The van der Waals surface area contributed by atoms with Gasteiger partial charge < -0.3 is 0 Å². The van der Waals surface area contributed by atoms with E-state index in [9.17, 15) is 0 Å². The first-order valence-corrected chi connectivity index (χ1v) is 5.14. The third-order valence-electron chi connectivity index (χ3n) is 2.05. The Morgan fingerprint density at radius 2 is 2.00 bits per heavy atom. The summed E-state index contributed by atoms with van der Waals surface area (Å²) in [6.07, 6.45) is 2.81. The molecule has 2 heteroatoms. The van der Waals surface area contributed by atoms with Crippen LogP contribution in [-0.4, -0.2) is 22.5 Å². The number of alkyl halides is 1. The fourth-order valence-electron chi connectivity index (χ4n) is 1.18. The molecule has 0 aliphatic carbocycles. The summed E-state index contributed by atoms with van der Waals surface area (Å²) in [6, 6.07) is 0. The summed E-state index contributed by atoms with van der Waals surface area (Å²) < 4.78 is 1.21. The van der Waals surface area contributed by atoms with E-state index in [0.717, 1.165) is 5.92 Å². The van der Waals surface area contributed by atoms with Crippen molar-refractivity contribution in [1.82, 2.24) is 4.90 Å². The fraction of sp³-hybridized carbons (Fsp3) is 1.00. The van der Waals surface area contributed by atoms with Crippen molar-refractivity contribution in [1.29, 1.82) is 0 Å². The van der Waals surface area contributed by atoms with Crippen molar-refractivity contribution in [2.45, 2.75) is 19.8 Å². The maximum Gasteiger partial charge on any atom is 0.0505 e. The monoisotopic (exact) mass is 239 g/mol. The number of hydrogen-bond donors (Lipinski definition) is 0. The van der Waals surface area contributed by atoms with Crippen molar-refractivity contribution in [2.75, 3.05) is 17.6 Å². The molecule has 0 aromatic carbocycles. The van der Waals surface area contributed by atoms with E-state index in [2.05, 4.69) is 34.4 Å². The topological polar surface area (TPSA) is 3.24 Å². The summed E-state index contributed by atoms with van der Waals surface area (Å²) in [5.74, 6) is 0.976. The molecule has 0 bridgehead atoms. The minimum atomic E-state index is 0.976. The second-order valence-electron chi connectivity index (χ2n) is 2.92. The van der Waals surface area contributed by atoms with Gasteiger partial charge in [-0.2, -0.15) is 0 Å². The summed E-state index contributed by atoms with van der Waals surface area (Å²) in [4.78, 5) is 2.51. The van der Waals surface area contributed by atoms with Crippen LogP contribution in [0.5, 0.6) is 0 Å². The maximum absolute atomic E-state index is 2.51. The third-order valence-corrected chi connectivity index (χ3v) is 3.01. The van der Waals surface area contributed by atoms with E-state index < -0.39 is 0 Å². The summed E-state index contributed by atoms with van der Waals surface area (Å²) >= 11 is 2.44. The number of likely N-dealkylation sites (tertiary alicyclic amines) is 1. The van der Waals surface area contributed by atoms with Gasteiger partial charge in [-0.1, -0.05) is 29.5 Å². The van der Waals surface area contributed by atoms with Crippen LogP contribution in [0.3, 0.4) is 0 Å². The molecular weight excluding hydrogens is 225 g/mol. The van der Waals surface area contributed by atoms with Crippen molar-refractivity contribution < 1.29 is 0 Å². The van der Waals surface area contributed by atoms with E-state index in [1.807, 2.05) is 0 Å². The summed E-state index contributed by atoms with van der Waals surface area (Å²) in [6.45, 7) is 5.00. The van der Waals surface area contributed by atoms with Crippen LogP contribution in [0.2, 0.25) is 0 Å². The Kier molecular flexibility index (Phi) is 3.26. The van der Waals surface area contributed by atoms with Crippen LogP contribution in [-0.2, 0) is 0 Å². The Morgan fingerprint density at radius 1 is 1.44 bits per heavy atom. The highest BCUT2D eigenvalue weighted by molar-refractivity contribution is 14.1. The number of rotatable bonds is 1. The van der Waals surface area contributed by atoms with Crippen LogP contribution < -0.4 is 0 Å². The van der Waals surface area contributed by atoms with Crippen LogP contribution in [0.4, 0.5) is 0 Å². The molecule has 1 heterocycles. The SMILES string of the molecule is CC1CCN(CI)CC1. The molecule has 1 nitrogen and oxygen atoms in total. The van der Waals surface area contributed by atoms with Gasteiger partial charge in [0, 0.05) is 0 Å². The smallest absolute Gasteiger partial charge is 0.0505 e. The molecule has 1 saturated heterocycles. The number of piperidine rings is 1. The molecular formula is C7H14IN. The number of halogens is 1. The van der Waals surface area contributed by atoms with Gasteiger partial charge in [-0.3, -0.25) is 4.90 Å². The van der Waals surface area contributed by atoms with Gasteiger partial charge in [0.15, 0.2) is 0 Å². The molecule has 0 unspecified atom stereocenters. The van der Waals surface area contributed by atoms with Gasteiger partial charge in [0.05, 0.1) is 4.55 Å². The molecule has 0 radical (unpaired) electrons. The molecule has 0 aromatic rings. The quantitative estimate of drug-likeness (QED) is 0.385. The number of nitrogens with zero attached hydrogens (tertiary/aromatic N) is 1. The Bertz CT molecular complexity index is 77.0. The minimum Gasteiger partial charge on any atom is -0.294 e. The lowest BCUT2D eigenvalue weighted by Gasteiger charge is -2.28. The fourth-order valence-corrected chi connectivity index (χ4v) is 1.86. The van der Waals surface area contributed by atoms with Crippen molar-refractivity contribution in [3.05, 3.63) is 0 Å². The minimum absolute atomic E-state index is 0.976. The molecule has 54 valence electrons. The molecule has 0 spiro atoms. The second-order valence-corrected chi connectivity index (χ2v) is 3.60. The van der Waals surface area contributed by atoms with E-state index in [0.29, 0.717) is 0 Å². The standard InChI is InChI=1S/C7H14IN/c1-7-2-4-9(6-8)5-3-7/h7H,2-6H2,1H3. The largest absolute Gasteiger partial charge is 0.294 e. The van der Waals surface area contributed by atoms with Crippen LogP contribution in [0.25, 0.3) is 0 Å². The molecule has 9 heavy (non-hydrogen) atoms. The lowest BCUT2D eigenvalue weighted by atomic mass is 10.00. The summed E-state index contributed by atoms with van der Waals surface area (Å²) in [7, 11) is 0. The highest BCUT2D eigenvalue weighted by Crippen LogP contribution is 2.15. The zero-order valence-corrected chi connectivity index (χ0v) is 8.10. The van der Waals surface area contributed by atoms with Gasteiger partial charge in [0.2, 0.25) is 0 Å². The van der Waals surface area contributed by atoms with Gasteiger partial charge in [0.1, 0.15) is 0 Å². The molecule has 0 atom stereocenters. The molecule has 0 amide bonds. The molecule has 1 rings (SSSR count). The molecule has 0 saturated carbocycles. The molecule has 1 aliphatic heterocycles. The molecule has 1 fully saturated rings. The highest BCUT2D eigenvalue weighted by Gasteiger charge is 2.13. The first kappa shape index (κ1) is 7.79. The summed E-state index contributed by atoms with van der Waals surface area (Å²) in [5.41, 5.74) is 0. The van der Waals surface area contributed by atoms with Crippen LogP contribution in [0.1, 0.15) is 19.8 Å². The Labute approximate surface area is 70.9 Å².